The lowest BCUT2D eigenvalue weighted by atomic mass is 9.88. The van der Waals surface area contributed by atoms with Gasteiger partial charge in [-0.15, -0.1) is 0 Å². The highest BCUT2D eigenvalue weighted by atomic mass is 16.5. The minimum atomic E-state index is 0.242. The molecule has 0 saturated carbocycles. The lowest BCUT2D eigenvalue weighted by Crippen LogP contribution is -2.35. The molecule has 1 aromatic carbocycles. The quantitative estimate of drug-likeness (QED) is 0.864. The number of hydrogen-bond acceptors (Lipinski definition) is 2. The van der Waals surface area contributed by atoms with Gasteiger partial charge in [0.1, 0.15) is 5.75 Å². The highest BCUT2D eigenvalue weighted by Crippen LogP contribution is 2.32. The molecular weight excluding hydrogens is 210 g/mol. The van der Waals surface area contributed by atoms with E-state index < -0.39 is 0 Å². The first-order valence-corrected chi connectivity index (χ1v) is 6.65. The molecule has 1 N–H and O–H groups in total. The Morgan fingerprint density at radius 2 is 2.00 bits per heavy atom. The summed E-state index contributed by atoms with van der Waals surface area (Å²) < 4.78 is 5.90. The number of rotatable bonds is 3. The van der Waals surface area contributed by atoms with E-state index in [4.69, 9.17) is 4.74 Å². The standard InChI is InChI=1S/C15H23NO/c1-11(2)17-15-7-5-4-6-14(15)13-9-8-12(3)16-10-13/h4-7,11-13,16H,8-10H2,1-3H3. The normalized spacial score (nSPS) is 24.9. The Bertz CT molecular complexity index is 354. The molecule has 0 bridgehead atoms. The molecule has 2 nitrogen and oxygen atoms in total. The minimum absolute atomic E-state index is 0.242. The predicted octanol–water partition coefficient (Wildman–Crippen LogP) is 3.33. The smallest absolute Gasteiger partial charge is 0.123 e. The van der Waals surface area contributed by atoms with Crippen molar-refractivity contribution in [2.45, 2.75) is 51.7 Å². The van der Waals surface area contributed by atoms with E-state index in [1.807, 2.05) is 0 Å². The molecule has 0 aromatic heterocycles. The Morgan fingerprint density at radius 1 is 1.24 bits per heavy atom. The van der Waals surface area contributed by atoms with Crippen LogP contribution in [0.1, 0.15) is 45.1 Å². The van der Waals surface area contributed by atoms with Crippen LogP contribution < -0.4 is 10.1 Å². The van der Waals surface area contributed by atoms with E-state index in [0.29, 0.717) is 12.0 Å². The van der Waals surface area contributed by atoms with Crippen molar-refractivity contribution in [2.24, 2.45) is 0 Å². The second-order valence-electron chi connectivity index (χ2n) is 5.29. The van der Waals surface area contributed by atoms with Crippen LogP contribution >= 0.6 is 0 Å². The lowest BCUT2D eigenvalue weighted by molar-refractivity contribution is 0.236. The first kappa shape index (κ1) is 12.4. The largest absolute Gasteiger partial charge is 0.491 e. The number of ether oxygens (including phenoxy) is 1. The monoisotopic (exact) mass is 233 g/mol. The fourth-order valence-corrected chi connectivity index (χ4v) is 2.44. The van der Waals surface area contributed by atoms with Crippen molar-refractivity contribution >= 4 is 0 Å². The van der Waals surface area contributed by atoms with Crippen molar-refractivity contribution in [3.63, 3.8) is 0 Å². The molecule has 1 aliphatic heterocycles. The van der Waals surface area contributed by atoms with Crippen molar-refractivity contribution in [3.05, 3.63) is 29.8 Å². The maximum atomic E-state index is 5.90. The molecule has 17 heavy (non-hydrogen) atoms. The van der Waals surface area contributed by atoms with E-state index in [2.05, 4.69) is 50.4 Å². The third-order valence-corrected chi connectivity index (χ3v) is 3.38. The number of piperidine rings is 1. The molecular formula is C15H23NO. The molecule has 0 spiro atoms. The first-order valence-electron chi connectivity index (χ1n) is 6.65. The van der Waals surface area contributed by atoms with Gasteiger partial charge in [0, 0.05) is 18.5 Å². The maximum Gasteiger partial charge on any atom is 0.123 e. The molecule has 0 amide bonds. The number of nitrogens with one attached hydrogen (secondary N) is 1. The highest BCUT2D eigenvalue weighted by Gasteiger charge is 2.21. The Kier molecular flexibility index (Phi) is 4.06. The zero-order valence-corrected chi connectivity index (χ0v) is 11.1. The Balaban J connectivity index is 2.14. The topological polar surface area (TPSA) is 21.3 Å². The van der Waals surface area contributed by atoms with Crippen LogP contribution in [0.25, 0.3) is 0 Å². The second-order valence-corrected chi connectivity index (χ2v) is 5.29. The van der Waals surface area contributed by atoms with Crippen LogP contribution in [0.2, 0.25) is 0 Å². The van der Waals surface area contributed by atoms with Crippen LogP contribution in [0.3, 0.4) is 0 Å². The predicted molar refractivity (Wildman–Crippen MR) is 71.6 cm³/mol. The van der Waals surface area contributed by atoms with Crippen molar-refractivity contribution in [3.8, 4) is 5.75 Å². The van der Waals surface area contributed by atoms with Crippen LogP contribution in [0, 0.1) is 0 Å². The van der Waals surface area contributed by atoms with Gasteiger partial charge in [-0.3, -0.25) is 0 Å². The lowest BCUT2D eigenvalue weighted by Gasteiger charge is -2.29. The zero-order chi connectivity index (χ0) is 12.3. The van der Waals surface area contributed by atoms with Crippen molar-refractivity contribution in [1.29, 1.82) is 0 Å². The summed E-state index contributed by atoms with van der Waals surface area (Å²) in [7, 11) is 0. The van der Waals surface area contributed by atoms with E-state index >= 15 is 0 Å². The van der Waals surface area contributed by atoms with Crippen LogP contribution in [0.5, 0.6) is 5.75 Å². The van der Waals surface area contributed by atoms with Gasteiger partial charge in [-0.05, 0) is 45.2 Å². The van der Waals surface area contributed by atoms with Crippen molar-refractivity contribution in [2.75, 3.05) is 6.54 Å². The molecule has 1 aromatic rings. The second kappa shape index (κ2) is 5.54. The summed E-state index contributed by atoms with van der Waals surface area (Å²) in [5.74, 6) is 1.66. The van der Waals surface area contributed by atoms with E-state index in [1.165, 1.54) is 18.4 Å². The number of benzene rings is 1. The SMILES string of the molecule is CC1CCC(c2ccccc2OC(C)C)CN1. The average molecular weight is 233 g/mol. The number of para-hydroxylation sites is 1. The van der Waals surface area contributed by atoms with Gasteiger partial charge < -0.3 is 10.1 Å². The summed E-state index contributed by atoms with van der Waals surface area (Å²) in [6, 6.07) is 9.12. The van der Waals surface area contributed by atoms with Crippen LogP contribution in [0.15, 0.2) is 24.3 Å². The summed E-state index contributed by atoms with van der Waals surface area (Å²) in [4.78, 5) is 0. The van der Waals surface area contributed by atoms with Gasteiger partial charge >= 0.3 is 0 Å². The van der Waals surface area contributed by atoms with Gasteiger partial charge in [-0.1, -0.05) is 18.2 Å². The molecule has 2 heteroatoms. The van der Waals surface area contributed by atoms with Gasteiger partial charge in [0.15, 0.2) is 0 Å². The summed E-state index contributed by atoms with van der Waals surface area (Å²) in [6.07, 6.45) is 2.75. The van der Waals surface area contributed by atoms with Crippen LogP contribution in [-0.2, 0) is 0 Å². The van der Waals surface area contributed by atoms with E-state index in [9.17, 15) is 0 Å². The summed E-state index contributed by atoms with van der Waals surface area (Å²) in [5.41, 5.74) is 1.36. The molecule has 1 heterocycles. The Labute approximate surface area is 104 Å². The molecule has 1 fully saturated rings. The molecule has 94 valence electrons. The molecule has 2 rings (SSSR count). The molecule has 2 atom stereocenters. The van der Waals surface area contributed by atoms with Crippen LogP contribution in [-0.4, -0.2) is 18.7 Å². The Hall–Kier alpha value is -1.02. The summed E-state index contributed by atoms with van der Waals surface area (Å²) >= 11 is 0. The molecule has 0 aliphatic carbocycles. The maximum absolute atomic E-state index is 5.90. The van der Waals surface area contributed by atoms with E-state index in [0.717, 1.165) is 12.3 Å². The van der Waals surface area contributed by atoms with Gasteiger partial charge in [-0.2, -0.15) is 0 Å². The highest BCUT2D eigenvalue weighted by molar-refractivity contribution is 5.37. The fraction of sp³-hybridized carbons (Fsp3) is 0.600. The molecule has 0 radical (unpaired) electrons. The molecule has 1 saturated heterocycles. The third kappa shape index (κ3) is 3.22. The average Bonchev–Trinajstić information content (AvgIpc) is 2.30. The minimum Gasteiger partial charge on any atom is -0.491 e. The van der Waals surface area contributed by atoms with E-state index in [-0.39, 0.29) is 6.10 Å². The van der Waals surface area contributed by atoms with Crippen LogP contribution in [0.4, 0.5) is 0 Å². The van der Waals surface area contributed by atoms with Gasteiger partial charge in [-0.25, -0.2) is 0 Å². The number of hydrogen-bond donors (Lipinski definition) is 1. The zero-order valence-electron chi connectivity index (χ0n) is 11.1. The van der Waals surface area contributed by atoms with E-state index in [1.54, 1.807) is 0 Å². The van der Waals surface area contributed by atoms with Crippen molar-refractivity contribution in [1.82, 2.24) is 5.32 Å². The van der Waals surface area contributed by atoms with Gasteiger partial charge in [0.25, 0.3) is 0 Å². The first-order chi connectivity index (χ1) is 8.16. The summed E-state index contributed by atoms with van der Waals surface area (Å²) in [6.45, 7) is 7.49. The Morgan fingerprint density at radius 3 is 2.65 bits per heavy atom. The van der Waals surface area contributed by atoms with Gasteiger partial charge in [0.05, 0.1) is 6.10 Å². The fourth-order valence-electron chi connectivity index (χ4n) is 2.44. The van der Waals surface area contributed by atoms with Gasteiger partial charge in [0.2, 0.25) is 0 Å². The third-order valence-electron chi connectivity index (χ3n) is 3.38. The van der Waals surface area contributed by atoms with Crippen molar-refractivity contribution < 1.29 is 4.74 Å². The molecule has 2 unspecified atom stereocenters. The molecule has 1 aliphatic rings. The summed E-state index contributed by atoms with van der Waals surface area (Å²) in [5, 5.41) is 3.56.